The topological polar surface area (TPSA) is 68.3 Å². The van der Waals surface area contributed by atoms with Gasteiger partial charge in [-0.15, -0.1) is 11.3 Å². The number of hydrogen-bond acceptors (Lipinski definition) is 5. The second-order valence-corrected chi connectivity index (χ2v) is 6.49. The van der Waals surface area contributed by atoms with Crippen LogP contribution in [0.1, 0.15) is 47.0 Å². The standard InChI is InChI=1S/C17H18N2O3S/c20-16(19-13-6-1-2-7-13)15(12-5-3-9-18-11-12)22-17(21)14-8-4-10-23-14/h3-5,8-11,13,15H,1-2,6-7H2,(H,19,20). The molecule has 1 aliphatic rings. The van der Waals surface area contributed by atoms with Crippen molar-refractivity contribution < 1.29 is 14.3 Å². The molecular weight excluding hydrogens is 312 g/mol. The van der Waals surface area contributed by atoms with Crippen LogP contribution in [0.25, 0.3) is 0 Å². The van der Waals surface area contributed by atoms with Gasteiger partial charge in [-0.05, 0) is 30.4 Å². The van der Waals surface area contributed by atoms with E-state index in [9.17, 15) is 9.59 Å². The first-order valence-electron chi connectivity index (χ1n) is 7.69. The summed E-state index contributed by atoms with van der Waals surface area (Å²) in [6.07, 6.45) is 6.40. The number of thiophene rings is 1. The molecule has 1 fully saturated rings. The van der Waals surface area contributed by atoms with E-state index in [0.29, 0.717) is 10.4 Å². The molecule has 1 N–H and O–H groups in total. The normalized spacial score (nSPS) is 16.0. The van der Waals surface area contributed by atoms with Crippen LogP contribution >= 0.6 is 11.3 Å². The summed E-state index contributed by atoms with van der Waals surface area (Å²) in [6, 6.07) is 7.10. The number of hydrogen-bond donors (Lipinski definition) is 1. The third-order valence-electron chi connectivity index (χ3n) is 3.87. The lowest BCUT2D eigenvalue weighted by Gasteiger charge is -2.20. The maximum Gasteiger partial charge on any atom is 0.349 e. The van der Waals surface area contributed by atoms with Gasteiger partial charge in [0.25, 0.3) is 5.91 Å². The zero-order valence-corrected chi connectivity index (χ0v) is 13.4. The number of aromatic nitrogens is 1. The zero-order valence-electron chi connectivity index (χ0n) is 12.6. The fourth-order valence-corrected chi connectivity index (χ4v) is 3.32. The molecule has 6 heteroatoms. The number of amides is 1. The van der Waals surface area contributed by atoms with Crippen LogP contribution in [-0.2, 0) is 9.53 Å². The second kappa shape index (κ2) is 7.37. The van der Waals surface area contributed by atoms with E-state index in [4.69, 9.17) is 4.74 Å². The highest BCUT2D eigenvalue weighted by Gasteiger charge is 2.28. The number of carbonyl (C=O) groups excluding carboxylic acids is 2. The third kappa shape index (κ3) is 3.96. The number of carbonyl (C=O) groups is 2. The van der Waals surface area contributed by atoms with Crippen LogP contribution in [-0.4, -0.2) is 22.9 Å². The Balaban J connectivity index is 1.76. The van der Waals surface area contributed by atoms with E-state index >= 15 is 0 Å². The lowest BCUT2D eigenvalue weighted by Crippen LogP contribution is -2.38. The molecular formula is C17H18N2O3S. The molecule has 0 aliphatic heterocycles. The smallest absolute Gasteiger partial charge is 0.349 e. The second-order valence-electron chi connectivity index (χ2n) is 5.54. The number of pyridine rings is 1. The Morgan fingerprint density at radius 2 is 2.09 bits per heavy atom. The summed E-state index contributed by atoms with van der Waals surface area (Å²) in [4.78, 5) is 29.3. The minimum atomic E-state index is -0.973. The van der Waals surface area contributed by atoms with Gasteiger partial charge in [0.2, 0.25) is 6.10 Å². The summed E-state index contributed by atoms with van der Waals surface area (Å²) >= 11 is 1.29. The molecule has 1 unspecified atom stereocenters. The monoisotopic (exact) mass is 330 g/mol. The maximum atomic E-state index is 12.6. The van der Waals surface area contributed by atoms with Crippen molar-refractivity contribution in [3.05, 3.63) is 52.5 Å². The molecule has 0 spiro atoms. The van der Waals surface area contributed by atoms with Crippen molar-refractivity contribution >= 4 is 23.2 Å². The lowest BCUT2D eigenvalue weighted by atomic mass is 10.1. The van der Waals surface area contributed by atoms with Gasteiger partial charge in [0.15, 0.2) is 0 Å². The molecule has 3 rings (SSSR count). The molecule has 5 nitrogen and oxygen atoms in total. The molecule has 0 saturated heterocycles. The van der Waals surface area contributed by atoms with E-state index in [0.717, 1.165) is 25.7 Å². The summed E-state index contributed by atoms with van der Waals surface area (Å²) < 4.78 is 5.47. The average molecular weight is 330 g/mol. The third-order valence-corrected chi connectivity index (χ3v) is 4.72. The van der Waals surface area contributed by atoms with Crippen LogP contribution in [0, 0.1) is 0 Å². The number of nitrogens with zero attached hydrogens (tertiary/aromatic N) is 1. The molecule has 2 heterocycles. The number of rotatable bonds is 5. The molecule has 1 atom stereocenters. The van der Waals surface area contributed by atoms with Gasteiger partial charge >= 0.3 is 5.97 Å². The lowest BCUT2D eigenvalue weighted by molar-refractivity contribution is -0.131. The Hall–Kier alpha value is -2.21. The Morgan fingerprint density at radius 3 is 2.74 bits per heavy atom. The van der Waals surface area contributed by atoms with E-state index in [1.807, 2.05) is 0 Å². The highest BCUT2D eigenvalue weighted by molar-refractivity contribution is 7.11. The van der Waals surface area contributed by atoms with Crippen LogP contribution in [0.4, 0.5) is 0 Å². The Labute approximate surface area is 138 Å². The molecule has 1 saturated carbocycles. The number of ether oxygens (including phenoxy) is 1. The number of nitrogens with one attached hydrogen (secondary N) is 1. The van der Waals surface area contributed by atoms with Crippen molar-refractivity contribution in [1.82, 2.24) is 10.3 Å². The Kier molecular flexibility index (Phi) is 5.02. The first-order chi connectivity index (χ1) is 11.2. The van der Waals surface area contributed by atoms with Crippen molar-refractivity contribution in [2.45, 2.75) is 37.8 Å². The average Bonchev–Trinajstić information content (AvgIpc) is 3.26. The van der Waals surface area contributed by atoms with E-state index < -0.39 is 12.1 Å². The van der Waals surface area contributed by atoms with Gasteiger partial charge < -0.3 is 10.1 Å². The van der Waals surface area contributed by atoms with Crippen LogP contribution < -0.4 is 5.32 Å². The van der Waals surface area contributed by atoms with Gasteiger partial charge in [0, 0.05) is 24.0 Å². The zero-order chi connectivity index (χ0) is 16.1. The SMILES string of the molecule is O=C(OC(C(=O)NC1CCCC1)c1cccnc1)c1cccs1. The molecule has 2 aromatic rings. The summed E-state index contributed by atoms with van der Waals surface area (Å²) in [5.74, 6) is -0.773. The van der Waals surface area contributed by atoms with Gasteiger partial charge in [-0.25, -0.2) is 4.79 Å². The summed E-state index contributed by atoms with van der Waals surface area (Å²) in [5.41, 5.74) is 0.577. The van der Waals surface area contributed by atoms with E-state index in [-0.39, 0.29) is 11.9 Å². The minimum Gasteiger partial charge on any atom is -0.443 e. The summed E-state index contributed by atoms with van der Waals surface area (Å²) in [7, 11) is 0. The van der Waals surface area contributed by atoms with Gasteiger partial charge in [0.1, 0.15) is 4.88 Å². The molecule has 0 aromatic carbocycles. The van der Waals surface area contributed by atoms with Crippen molar-refractivity contribution in [3.8, 4) is 0 Å². The van der Waals surface area contributed by atoms with Gasteiger partial charge in [-0.1, -0.05) is 25.0 Å². The molecule has 1 amide bonds. The maximum absolute atomic E-state index is 12.6. The van der Waals surface area contributed by atoms with Crippen LogP contribution in [0.5, 0.6) is 0 Å². The van der Waals surface area contributed by atoms with Crippen LogP contribution in [0.3, 0.4) is 0 Å². The molecule has 2 aromatic heterocycles. The molecule has 23 heavy (non-hydrogen) atoms. The predicted octanol–water partition coefficient (Wildman–Crippen LogP) is 3.10. The Morgan fingerprint density at radius 1 is 1.26 bits per heavy atom. The first-order valence-corrected chi connectivity index (χ1v) is 8.57. The van der Waals surface area contributed by atoms with Gasteiger partial charge in [0.05, 0.1) is 0 Å². The van der Waals surface area contributed by atoms with E-state index in [1.165, 1.54) is 11.3 Å². The first kappa shape index (κ1) is 15.7. The van der Waals surface area contributed by atoms with Gasteiger partial charge in [-0.3, -0.25) is 9.78 Å². The summed E-state index contributed by atoms with van der Waals surface area (Å²) in [6.45, 7) is 0. The quantitative estimate of drug-likeness (QED) is 0.855. The predicted molar refractivity (Wildman–Crippen MR) is 87.1 cm³/mol. The van der Waals surface area contributed by atoms with Gasteiger partial charge in [-0.2, -0.15) is 0 Å². The van der Waals surface area contributed by atoms with E-state index in [1.54, 1.807) is 42.0 Å². The Bertz CT molecular complexity index is 652. The van der Waals surface area contributed by atoms with E-state index in [2.05, 4.69) is 10.3 Å². The van der Waals surface area contributed by atoms with Crippen molar-refractivity contribution in [2.75, 3.05) is 0 Å². The molecule has 0 bridgehead atoms. The van der Waals surface area contributed by atoms with Crippen molar-refractivity contribution in [2.24, 2.45) is 0 Å². The van der Waals surface area contributed by atoms with Crippen molar-refractivity contribution in [3.63, 3.8) is 0 Å². The molecule has 1 aliphatic carbocycles. The molecule has 0 radical (unpaired) electrons. The van der Waals surface area contributed by atoms with Crippen LogP contribution in [0.15, 0.2) is 42.0 Å². The minimum absolute atomic E-state index is 0.169. The van der Waals surface area contributed by atoms with Crippen molar-refractivity contribution in [1.29, 1.82) is 0 Å². The summed E-state index contributed by atoms with van der Waals surface area (Å²) in [5, 5.41) is 4.79. The highest BCUT2D eigenvalue weighted by atomic mass is 32.1. The largest absolute Gasteiger partial charge is 0.443 e. The number of esters is 1. The highest BCUT2D eigenvalue weighted by Crippen LogP contribution is 2.23. The fourth-order valence-electron chi connectivity index (χ4n) is 2.71. The molecule has 120 valence electrons. The van der Waals surface area contributed by atoms with Crippen LogP contribution in [0.2, 0.25) is 0 Å². The fraction of sp³-hybridized carbons (Fsp3) is 0.353.